The second kappa shape index (κ2) is 8.89. The smallest absolute Gasteiger partial charge is 0.258 e. The molecule has 146 valence electrons. The van der Waals surface area contributed by atoms with E-state index in [4.69, 9.17) is 11.6 Å². The maximum absolute atomic E-state index is 12.7. The number of pyridine rings is 1. The zero-order chi connectivity index (χ0) is 19.4. The van der Waals surface area contributed by atoms with Gasteiger partial charge in [0.25, 0.3) is 5.56 Å². The molecule has 0 spiro atoms. The molecule has 27 heavy (non-hydrogen) atoms. The fraction of sp³-hybridized carbons (Fsp3) is 0.524. The zero-order valence-corrected chi connectivity index (χ0v) is 16.5. The lowest BCUT2D eigenvalue weighted by Crippen LogP contribution is -2.25. The van der Waals surface area contributed by atoms with Crippen LogP contribution in [0.2, 0.25) is 5.02 Å². The summed E-state index contributed by atoms with van der Waals surface area (Å²) in [6.07, 6.45) is 8.59. The summed E-state index contributed by atoms with van der Waals surface area (Å²) in [5.74, 6) is 0.369. The molecule has 3 rings (SSSR count). The Morgan fingerprint density at radius 1 is 1.22 bits per heavy atom. The first kappa shape index (κ1) is 19.9. The van der Waals surface area contributed by atoms with Gasteiger partial charge in [0.15, 0.2) is 0 Å². The first-order chi connectivity index (χ1) is 13.0. The number of hydrogen-bond donors (Lipinski definition) is 2. The molecule has 2 N–H and O–H groups in total. The van der Waals surface area contributed by atoms with Gasteiger partial charge in [0, 0.05) is 23.4 Å². The largest absolute Gasteiger partial charge is 0.392 e. The van der Waals surface area contributed by atoms with E-state index in [-0.39, 0.29) is 18.0 Å². The van der Waals surface area contributed by atoms with Gasteiger partial charge in [-0.25, -0.2) is 0 Å². The number of aromatic nitrogens is 1. The highest BCUT2D eigenvalue weighted by atomic mass is 35.5. The predicted octanol–water partition coefficient (Wildman–Crippen LogP) is 4.33. The van der Waals surface area contributed by atoms with Crippen molar-refractivity contribution < 1.29 is 9.90 Å². The molecule has 1 unspecified atom stereocenters. The highest BCUT2D eigenvalue weighted by Gasteiger charge is 2.18. The number of aliphatic hydroxyl groups is 1. The zero-order valence-electron chi connectivity index (χ0n) is 15.7. The van der Waals surface area contributed by atoms with Crippen LogP contribution in [0.3, 0.4) is 0 Å². The molecule has 1 atom stereocenters. The Balaban J connectivity index is 1.85. The molecule has 1 amide bonds. The minimum atomic E-state index is -0.619. The highest BCUT2D eigenvalue weighted by molar-refractivity contribution is 6.35. The van der Waals surface area contributed by atoms with Gasteiger partial charge >= 0.3 is 0 Å². The van der Waals surface area contributed by atoms with Gasteiger partial charge in [0.2, 0.25) is 5.91 Å². The summed E-state index contributed by atoms with van der Waals surface area (Å²) in [6, 6.07) is 5.07. The molecule has 1 aliphatic carbocycles. The summed E-state index contributed by atoms with van der Waals surface area (Å²) in [4.78, 5) is 25.3. The van der Waals surface area contributed by atoms with Gasteiger partial charge < -0.3 is 15.0 Å². The van der Waals surface area contributed by atoms with Crippen molar-refractivity contribution in [1.82, 2.24) is 4.57 Å². The van der Waals surface area contributed by atoms with Gasteiger partial charge in [0.05, 0.1) is 23.4 Å². The Labute approximate surface area is 164 Å². The summed E-state index contributed by atoms with van der Waals surface area (Å²) in [6.45, 7) is 1.86. The molecule has 0 bridgehead atoms. The second-order valence-corrected chi connectivity index (χ2v) is 8.02. The Hall–Kier alpha value is -1.85. The number of nitrogens with zero attached hydrogens (tertiary/aromatic N) is 1. The monoisotopic (exact) mass is 390 g/mol. The number of anilines is 1. The first-order valence-electron chi connectivity index (χ1n) is 9.75. The quantitative estimate of drug-likeness (QED) is 0.746. The Kier molecular flexibility index (Phi) is 6.55. The van der Waals surface area contributed by atoms with E-state index in [0.29, 0.717) is 33.8 Å². The number of carbonyl (C=O) groups is 1. The van der Waals surface area contributed by atoms with Crippen molar-refractivity contribution in [3.05, 3.63) is 39.8 Å². The number of halogens is 1. The van der Waals surface area contributed by atoms with Gasteiger partial charge in [-0.3, -0.25) is 9.59 Å². The van der Waals surface area contributed by atoms with Gasteiger partial charge in [-0.1, -0.05) is 37.3 Å². The van der Waals surface area contributed by atoms with Crippen LogP contribution < -0.4 is 10.9 Å². The third-order valence-corrected chi connectivity index (χ3v) is 5.60. The first-order valence-corrected chi connectivity index (χ1v) is 10.1. The van der Waals surface area contributed by atoms with Crippen LogP contribution in [0.5, 0.6) is 0 Å². The van der Waals surface area contributed by atoms with Crippen molar-refractivity contribution in [3.63, 3.8) is 0 Å². The van der Waals surface area contributed by atoms with Crippen molar-refractivity contribution in [1.29, 1.82) is 0 Å². The lowest BCUT2D eigenvalue weighted by atomic mass is 9.96. The molecule has 6 heteroatoms. The van der Waals surface area contributed by atoms with Crippen molar-refractivity contribution >= 4 is 34.0 Å². The number of benzene rings is 1. The number of aliphatic hydroxyl groups excluding tert-OH is 1. The van der Waals surface area contributed by atoms with Crippen LogP contribution in [0.15, 0.2) is 29.2 Å². The lowest BCUT2D eigenvalue weighted by molar-refractivity contribution is -0.117. The molecule has 1 saturated carbocycles. The molecular formula is C21H27ClN2O3. The van der Waals surface area contributed by atoms with Gasteiger partial charge in [-0.15, -0.1) is 0 Å². The molecule has 1 heterocycles. The molecule has 0 aliphatic heterocycles. The number of fused-ring (bicyclic) bond motifs is 1. The topological polar surface area (TPSA) is 71.3 Å². The lowest BCUT2D eigenvalue weighted by Gasteiger charge is -2.16. The second-order valence-electron chi connectivity index (χ2n) is 7.62. The molecule has 5 nitrogen and oxygen atoms in total. The summed E-state index contributed by atoms with van der Waals surface area (Å²) >= 11 is 6.33. The Morgan fingerprint density at radius 2 is 1.93 bits per heavy atom. The van der Waals surface area contributed by atoms with Crippen LogP contribution in [-0.4, -0.2) is 21.7 Å². The van der Waals surface area contributed by atoms with Crippen molar-refractivity contribution in [2.75, 3.05) is 5.32 Å². The molecule has 1 aromatic heterocycles. The van der Waals surface area contributed by atoms with Crippen LogP contribution in [0, 0.1) is 5.92 Å². The van der Waals surface area contributed by atoms with Crippen LogP contribution in [0.4, 0.5) is 5.69 Å². The molecule has 0 radical (unpaired) electrons. The molecule has 2 aromatic rings. The highest BCUT2D eigenvalue weighted by Crippen LogP contribution is 2.31. The van der Waals surface area contributed by atoms with Crippen molar-refractivity contribution in [2.24, 2.45) is 5.92 Å². The Morgan fingerprint density at radius 3 is 2.59 bits per heavy atom. The number of carbonyl (C=O) groups excluding carboxylic acids is 1. The van der Waals surface area contributed by atoms with E-state index in [1.165, 1.54) is 30.3 Å². The van der Waals surface area contributed by atoms with Crippen LogP contribution in [0.25, 0.3) is 10.8 Å². The third-order valence-electron chi connectivity index (χ3n) is 5.28. The maximum atomic E-state index is 12.7. The maximum Gasteiger partial charge on any atom is 0.258 e. The van der Waals surface area contributed by atoms with Crippen LogP contribution in [-0.2, 0) is 11.3 Å². The summed E-state index contributed by atoms with van der Waals surface area (Å²) in [5.41, 5.74) is 0.290. The average Bonchev–Trinajstić information content (AvgIpc) is 2.88. The van der Waals surface area contributed by atoms with Gasteiger partial charge in [-0.05, 0) is 43.9 Å². The van der Waals surface area contributed by atoms with E-state index in [2.05, 4.69) is 5.32 Å². The molecule has 1 fully saturated rings. The fourth-order valence-electron chi connectivity index (χ4n) is 3.92. The summed E-state index contributed by atoms with van der Waals surface area (Å²) in [5, 5.41) is 14.0. The summed E-state index contributed by atoms with van der Waals surface area (Å²) in [7, 11) is 0. The number of rotatable bonds is 5. The minimum Gasteiger partial charge on any atom is -0.392 e. The van der Waals surface area contributed by atoms with Gasteiger partial charge in [0.1, 0.15) is 0 Å². The van der Waals surface area contributed by atoms with Crippen molar-refractivity contribution in [2.45, 2.75) is 64.5 Å². The van der Waals surface area contributed by atoms with E-state index in [1.54, 1.807) is 31.3 Å². The predicted molar refractivity (Wildman–Crippen MR) is 109 cm³/mol. The minimum absolute atomic E-state index is 0.0514. The number of hydrogen-bond acceptors (Lipinski definition) is 3. The van der Waals surface area contributed by atoms with Crippen LogP contribution >= 0.6 is 11.6 Å². The fourth-order valence-corrected chi connectivity index (χ4v) is 4.13. The summed E-state index contributed by atoms with van der Waals surface area (Å²) < 4.78 is 1.47. The molecule has 1 aromatic carbocycles. The average molecular weight is 391 g/mol. The van der Waals surface area contributed by atoms with E-state index in [9.17, 15) is 14.7 Å². The molecule has 0 saturated heterocycles. The van der Waals surface area contributed by atoms with E-state index < -0.39 is 6.10 Å². The number of amides is 1. The van der Waals surface area contributed by atoms with Crippen LogP contribution in [0.1, 0.15) is 51.9 Å². The van der Waals surface area contributed by atoms with E-state index in [0.717, 1.165) is 12.8 Å². The molecular weight excluding hydrogens is 364 g/mol. The third kappa shape index (κ3) is 4.90. The molecule has 1 aliphatic rings. The SMILES string of the molecule is CC(O)Cn1ccc2c(NC(=O)CC3CCCCCC3)c(Cl)ccc2c1=O. The normalized spacial score (nSPS) is 16.9. The van der Waals surface area contributed by atoms with E-state index >= 15 is 0 Å². The van der Waals surface area contributed by atoms with Crippen molar-refractivity contribution in [3.8, 4) is 0 Å². The number of nitrogens with one attached hydrogen (secondary N) is 1. The van der Waals surface area contributed by atoms with E-state index in [1.807, 2.05) is 0 Å². The van der Waals surface area contributed by atoms with Gasteiger partial charge in [-0.2, -0.15) is 0 Å². The Bertz CT molecular complexity index is 868. The standard InChI is InChI=1S/C21H27ClN2O3/c1-14(25)13-24-11-10-16-17(21(24)27)8-9-18(22)20(16)23-19(26)12-15-6-4-2-3-5-7-15/h8-11,14-15,25H,2-7,12-13H2,1H3,(H,23,26).